The Morgan fingerprint density at radius 3 is 2.95 bits per heavy atom. The second-order valence-electron chi connectivity index (χ2n) is 4.27. The van der Waals surface area contributed by atoms with E-state index >= 15 is 0 Å². The Kier molecular flexibility index (Phi) is 5.40. The topological polar surface area (TPSA) is 100 Å². The zero-order valence-corrected chi connectivity index (χ0v) is 13.0. The molecule has 0 radical (unpaired) electrons. The molecule has 1 aliphatic heterocycles. The van der Waals surface area contributed by atoms with Crippen molar-refractivity contribution in [2.75, 3.05) is 5.75 Å². The van der Waals surface area contributed by atoms with Crippen LogP contribution in [0.4, 0.5) is 0 Å². The summed E-state index contributed by atoms with van der Waals surface area (Å²) in [5.74, 6) is -0.558. The number of carbonyl (C=O) groups excluding carboxylic acids is 1. The van der Waals surface area contributed by atoms with Gasteiger partial charge in [-0.15, -0.1) is 5.10 Å². The van der Waals surface area contributed by atoms with Gasteiger partial charge in [0.25, 0.3) is 0 Å². The van der Waals surface area contributed by atoms with Crippen LogP contribution in [0.3, 0.4) is 0 Å². The number of hydrogen-bond donors (Lipinski definition) is 2. The van der Waals surface area contributed by atoms with Gasteiger partial charge in [-0.05, 0) is 30.7 Å². The van der Waals surface area contributed by atoms with Crippen LogP contribution < -0.4 is 10.1 Å². The number of halogens is 1. The Bertz CT molecular complexity index is 663. The third-order valence-electron chi connectivity index (χ3n) is 2.55. The number of rotatable bonds is 5. The van der Waals surface area contributed by atoms with Gasteiger partial charge in [0.15, 0.2) is 11.3 Å². The molecule has 1 atom stereocenters. The maximum atomic E-state index is 11.0. The largest absolute Gasteiger partial charge is 0.479 e. The zero-order chi connectivity index (χ0) is 16.1. The summed E-state index contributed by atoms with van der Waals surface area (Å²) in [6, 6.07) is 4.80. The van der Waals surface area contributed by atoms with E-state index in [1.807, 2.05) is 0 Å². The normalized spacial score (nSPS) is 17.7. The Morgan fingerprint density at radius 2 is 2.36 bits per heavy atom. The molecule has 0 aliphatic carbocycles. The Morgan fingerprint density at radius 1 is 1.59 bits per heavy atom. The van der Waals surface area contributed by atoms with Crippen molar-refractivity contribution in [3.63, 3.8) is 0 Å². The van der Waals surface area contributed by atoms with Crippen molar-refractivity contribution in [3.05, 3.63) is 28.8 Å². The van der Waals surface area contributed by atoms with Crippen LogP contribution in [-0.2, 0) is 9.59 Å². The van der Waals surface area contributed by atoms with Crippen LogP contribution in [0.1, 0.15) is 12.5 Å². The molecule has 22 heavy (non-hydrogen) atoms. The Balaban J connectivity index is 2.03. The van der Waals surface area contributed by atoms with Crippen molar-refractivity contribution in [2.45, 2.75) is 13.0 Å². The highest BCUT2D eigenvalue weighted by atomic mass is 35.5. The third kappa shape index (κ3) is 4.47. The van der Waals surface area contributed by atoms with E-state index < -0.39 is 12.1 Å². The van der Waals surface area contributed by atoms with Gasteiger partial charge in [-0.2, -0.15) is 5.10 Å². The number of benzene rings is 1. The molecule has 1 aliphatic rings. The van der Waals surface area contributed by atoms with Gasteiger partial charge in [0, 0.05) is 0 Å². The van der Waals surface area contributed by atoms with Gasteiger partial charge in [0.2, 0.25) is 5.91 Å². The molecule has 9 heteroatoms. The molecular formula is C13H12ClN3O4S. The minimum Gasteiger partial charge on any atom is -0.479 e. The summed E-state index contributed by atoms with van der Waals surface area (Å²) < 4.78 is 5.20. The predicted octanol–water partition coefficient (Wildman–Crippen LogP) is 1.74. The fourth-order valence-corrected chi connectivity index (χ4v) is 2.33. The first-order chi connectivity index (χ1) is 10.5. The number of aliphatic carboxylic acids is 1. The molecule has 1 unspecified atom stereocenters. The minimum absolute atomic E-state index is 0.101. The highest BCUT2D eigenvalue weighted by Crippen LogP contribution is 2.26. The maximum absolute atomic E-state index is 11.0. The van der Waals surface area contributed by atoms with Crippen LogP contribution in [-0.4, -0.2) is 40.2 Å². The smallest absolute Gasteiger partial charge is 0.344 e. The molecule has 2 rings (SSSR count). The van der Waals surface area contributed by atoms with Gasteiger partial charge in [-0.3, -0.25) is 4.79 Å². The van der Waals surface area contributed by atoms with Crippen LogP contribution >= 0.6 is 23.4 Å². The van der Waals surface area contributed by atoms with Gasteiger partial charge in [0.1, 0.15) is 5.75 Å². The van der Waals surface area contributed by atoms with E-state index in [0.717, 1.165) is 0 Å². The summed E-state index contributed by atoms with van der Waals surface area (Å²) >= 11 is 7.30. The molecule has 0 bridgehead atoms. The Labute approximate surface area is 135 Å². The first-order valence-corrected chi connectivity index (χ1v) is 7.55. The number of hydrogen-bond acceptors (Lipinski definition) is 6. The molecule has 7 nitrogen and oxygen atoms in total. The van der Waals surface area contributed by atoms with E-state index in [4.69, 9.17) is 21.4 Å². The van der Waals surface area contributed by atoms with Gasteiger partial charge in [-0.1, -0.05) is 23.4 Å². The van der Waals surface area contributed by atoms with E-state index in [2.05, 4.69) is 15.5 Å². The average molecular weight is 342 g/mol. The van der Waals surface area contributed by atoms with Crippen molar-refractivity contribution < 1.29 is 19.4 Å². The summed E-state index contributed by atoms with van der Waals surface area (Å²) in [5, 5.41) is 19.8. The van der Waals surface area contributed by atoms with E-state index in [1.165, 1.54) is 24.9 Å². The van der Waals surface area contributed by atoms with Crippen LogP contribution in [0.2, 0.25) is 5.02 Å². The first-order valence-electron chi connectivity index (χ1n) is 6.18. The Hall–Kier alpha value is -2.06. The number of carbonyl (C=O) groups is 2. The van der Waals surface area contributed by atoms with Crippen LogP contribution in [0.25, 0.3) is 0 Å². The van der Waals surface area contributed by atoms with Crippen molar-refractivity contribution in [2.24, 2.45) is 10.2 Å². The summed E-state index contributed by atoms with van der Waals surface area (Å²) in [5.41, 5.74) is 0.666. The molecule has 0 aromatic heterocycles. The number of carboxylic acid groups (broad SMARTS) is 1. The molecular weight excluding hydrogens is 330 g/mol. The first kappa shape index (κ1) is 16.3. The van der Waals surface area contributed by atoms with Crippen molar-refractivity contribution in [3.8, 4) is 5.75 Å². The summed E-state index contributed by atoms with van der Waals surface area (Å²) in [6.45, 7) is 1.41. The zero-order valence-electron chi connectivity index (χ0n) is 11.4. The molecule has 1 saturated heterocycles. The quantitative estimate of drug-likeness (QED) is 0.627. The number of carboxylic acids is 1. The fraction of sp³-hybridized carbons (Fsp3) is 0.231. The standard InChI is InChI=1S/C13H12ClN3O4S/c1-7(12(19)20)21-10-3-2-8(4-9(10)14)5-15-17-13-16-11(18)6-22-13/h2-5,7H,6H2,1H3,(H,19,20)(H,16,17,18). The highest BCUT2D eigenvalue weighted by Gasteiger charge is 2.16. The monoisotopic (exact) mass is 341 g/mol. The second kappa shape index (κ2) is 7.28. The summed E-state index contributed by atoms with van der Waals surface area (Å²) in [4.78, 5) is 21.7. The second-order valence-corrected chi connectivity index (χ2v) is 5.65. The molecule has 1 fully saturated rings. The van der Waals surface area contributed by atoms with Gasteiger partial charge in [0.05, 0.1) is 17.0 Å². The lowest BCUT2D eigenvalue weighted by Crippen LogP contribution is -2.23. The lowest BCUT2D eigenvalue weighted by molar-refractivity contribution is -0.144. The molecule has 116 valence electrons. The molecule has 1 aromatic rings. The molecule has 0 spiro atoms. The van der Waals surface area contributed by atoms with Crippen LogP contribution in [0.5, 0.6) is 5.75 Å². The average Bonchev–Trinajstić information content (AvgIpc) is 2.87. The van der Waals surface area contributed by atoms with Crippen LogP contribution in [0, 0.1) is 0 Å². The molecule has 1 amide bonds. The van der Waals surface area contributed by atoms with E-state index in [0.29, 0.717) is 16.5 Å². The fourth-order valence-electron chi connectivity index (χ4n) is 1.46. The van der Waals surface area contributed by atoms with Crippen molar-refractivity contribution in [1.82, 2.24) is 5.32 Å². The van der Waals surface area contributed by atoms with Gasteiger partial charge >= 0.3 is 5.97 Å². The highest BCUT2D eigenvalue weighted by molar-refractivity contribution is 8.15. The van der Waals surface area contributed by atoms with E-state index in [1.54, 1.807) is 18.2 Å². The number of nitrogens with zero attached hydrogens (tertiary/aromatic N) is 2. The minimum atomic E-state index is -1.08. The van der Waals surface area contributed by atoms with Gasteiger partial charge < -0.3 is 15.2 Å². The predicted molar refractivity (Wildman–Crippen MR) is 84.8 cm³/mol. The lowest BCUT2D eigenvalue weighted by atomic mass is 10.2. The SMILES string of the molecule is CC(Oc1ccc(C=NN=C2NC(=O)CS2)cc1Cl)C(=O)O. The number of amidine groups is 1. The molecule has 1 heterocycles. The summed E-state index contributed by atoms with van der Waals surface area (Å²) in [6.07, 6.45) is 0.473. The van der Waals surface area contributed by atoms with Gasteiger partial charge in [-0.25, -0.2) is 4.79 Å². The van der Waals surface area contributed by atoms with Crippen molar-refractivity contribution in [1.29, 1.82) is 0 Å². The third-order valence-corrected chi connectivity index (χ3v) is 3.71. The molecule has 1 aromatic carbocycles. The molecule has 0 saturated carbocycles. The maximum Gasteiger partial charge on any atom is 0.344 e. The molecule has 2 N–H and O–H groups in total. The van der Waals surface area contributed by atoms with Crippen LogP contribution in [0.15, 0.2) is 28.4 Å². The number of thioether (sulfide) groups is 1. The van der Waals surface area contributed by atoms with E-state index in [-0.39, 0.29) is 16.7 Å². The van der Waals surface area contributed by atoms with E-state index in [9.17, 15) is 9.59 Å². The number of nitrogens with one attached hydrogen (secondary N) is 1. The number of amides is 1. The summed E-state index contributed by atoms with van der Waals surface area (Å²) in [7, 11) is 0. The lowest BCUT2D eigenvalue weighted by Gasteiger charge is -2.11. The van der Waals surface area contributed by atoms with Crippen molar-refractivity contribution >= 4 is 46.6 Å². The number of ether oxygens (including phenoxy) is 1.